The SMILES string of the molecule is C=CCCOCCN1CC(C)C(=O)NC1=O. The molecule has 1 heterocycles. The fourth-order valence-electron chi connectivity index (χ4n) is 1.44. The Bertz CT molecular complexity index is 278. The lowest BCUT2D eigenvalue weighted by atomic mass is 10.1. The zero-order valence-corrected chi connectivity index (χ0v) is 9.57. The molecule has 0 aliphatic carbocycles. The highest BCUT2D eigenvalue weighted by molar-refractivity contribution is 5.97. The number of hydrogen-bond acceptors (Lipinski definition) is 3. The summed E-state index contributed by atoms with van der Waals surface area (Å²) in [6.07, 6.45) is 2.59. The predicted octanol–water partition coefficient (Wildman–Crippen LogP) is 0.767. The van der Waals surface area contributed by atoms with E-state index in [0.717, 1.165) is 6.42 Å². The topological polar surface area (TPSA) is 58.6 Å². The summed E-state index contributed by atoms with van der Waals surface area (Å²) in [5.41, 5.74) is 0. The third-order valence-electron chi connectivity index (χ3n) is 2.43. The number of carbonyl (C=O) groups excluding carboxylic acids is 2. The number of imide groups is 1. The molecule has 1 aliphatic rings. The standard InChI is InChI=1S/C11H18N2O3/c1-3-4-6-16-7-5-13-8-9(2)10(14)12-11(13)15/h3,9H,1,4-8H2,2H3,(H,12,14,15). The molecule has 1 N–H and O–H groups in total. The van der Waals surface area contributed by atoms with Gasteiger partial charge in [0, 0.05) is 13.1 Å². The van der Waals surface area contributed by atoms with Gasteiger partial charge in [-0.3, -0.25) is 10.1 Å². The van der Waals surface area contributed by atoms with Crippen molar-refractivity contribution in [3.8, 4) is 0 Å². The van der Waals surface area contributed by atoms with Gasteiger partial charge < -0.3 is 9.64 Å². The van der Waals surface area contributed by atoms with Crippen LogP contribution in [0.4, 0.5) is 4.79 Å². The molecule has 0 aromatic rings. The number of amides is 3. The lowest BCUT2D eigenvalue weighted by Crippen LogP contribution is -2.54. The van der Waals surface area contributed by atoms with E-state index >= 15 is 0 Å². The van der Waals surface area contributed by atoms with Crippen molar-refractivity contribution in [1.82, 2.24) is 10.2 Å². The molecule has 0 radical (unpaired) electrons. The summed E-state index contributed by atoms with van der Waals surface area (Å²) in [7, 11) is 0. The van der Waals surface area contributed by atoms with Gasteiger partial charge in [0.05, 0.1) is 19.1 Å². The molecule has 0 aromatic heterocycles. The monoisotopic (exact) mass is 226 g/mol. The average Bonchev–Trinajstić information content (AvgIpc) is 2.25. The van der Waals surface area contributed by atoms with Crippen molar-refractivity contribution in [2.24, 2.45) is 5.92 Å². The number of nitrogens with zero attached hydrogens (tertiary/aromatic N) is 1. The van der Waals surface area contributed by atoms with Crippen LogP contribution in [0.15, 0.2) is 12.7 Å². The molecule has 1 saturated heterocycles. The summed E-state index contributed by atoms with van der Waals surface area (Å²) in [5, 5.41) is 2.31. The summed E-state index contributed by atoms with van der Waals surface area (Å²) >= 11 is 0. The normalized spacial score (nSPS) is 20.8. The van der Waals surface area contributed by atoms with Crippen molar-refractivity contribution in [3.05, 3.63) is 12.7 Å². The van der Waals surface area contributed by atoms with Gasteiger partial charge >= 0.3 is 6.03 Å². The molecule has 0 saturated carbocycles. The molecule has 90 valence electrons. The maximum atomic E-state index is 11.4. The molecule has 1 unspecified atom stereocenters. The minimum Gasteiger partial charge on any atom is -0.379 e. The zero-order chi connectivity index (χ0) is 12.0. The molecule has 1 aliphatic heterocycles. The maximum Gasteiger partial charge on any atom is 0.324 e. The highest BCUT2D eigenvalue weighted by Crippen LogP contribution is 2.06. The summed E-state index contributed by atoms with van der Waals surface area (Å²) in [6.45, 7) is 7.47. The van der Waals surface area contributed by atoms with Crippen LogP contribution in [0, 0.1) is 5.92 Å². The van der Waals surface area contributed by atoms with Gasteiger partial charge in [-0.15, -0.1) is 6.58 Å². The van der Waals surface area contributed by atoms with Crippen LogP contribution in [0.25, 0.3) is 0 Å². The Hall–Kier alpha value is -1.36. The highest BCUT2D eigenvalue weighted by atomic mass is 16.5. The van der Waals surface area contributed by atoms with E-state index in [9.17, 15) is 9.59 Å². The maximum absolute atomic E-state index is 11.4. The average molecular weight is 226 g/mol. The van der Waals surface area contributed by atoms with E-state index in [-0.39, 0.29) is 17.9 Å². The molecule has 1 rings (SSSR count). The Balaban J connectivity index is 2.23. The Morgan fingerprint density at radius 2 is 2.31 bits per heavy atom. The van der Waals surface area contributed by atoms with Gasteiger partial charge in [0.2, 0.25) is 5.91 Å². The molecular formula is C11H18N2O3. The number of hydrogen-bond donors (Lipinski definition) is 1. The largest absolute Gasteiger partial charge is 0.379 e. The van der Waals surface area contributed by atoms with Crippen molar-refractivity contribution in [1.29, 1.82) is 0 Å². The summed E-state index contributed by atoms with van der Waals surface area (Å²) in [5.74, 6) is -0.347. The second kappa shape index (κ2) is 6.27. The van der Waals surface area contributed by atoms with Gasteiger partial charge in [0.1, 0.15) is 0 Å². The molecule has 5 nitrogen and oxygen atoms in total. The van der Waals surface area contributed by atoms with Crippen molar-refractivity contribution in [3.63, 3.8) is 0 Å². The summed E-state index contributed by atoms with van der Waals surface area (Å²) in [6, 6.07) is -0.324. The van der Waals surface area contributed by atoms with Crippen molar-refractivity contribution in [2.45, 2.75) is 13.3 Å². The predicted molar refractivity (Wildman–Crippen MR) is 59.9 cm³/mol. The fraction of sp³-hybridized carbons (Fsp3) is 0.636. The van der Waals surface area contributed by atoms with E-state index < -0.39 is 0 Å². The van der Waals surface area contributed by atoms with Gasteiger partial charge in [0.15, 0.2) is 0 Å². The van der Waals surface area contributed by atoms with Gasteiger partial charge in [-0.25, -0.2) is 4.79 Å². The Kier molecular flexibility index (Phi) is 4.98. The molecule has 1 atom stereocenters. The summed E-state index contributed by atoms with van der Waals surface area (Å²) < 4.78 is 5.31. The summed E-state index contributed by atoms with van der Waals surface area (Å²) in [4.78, 5) is 24.2. The van der Waals surface area contributed by atoms with Crippen LogP contribution in [0.1, 0.15) is 13.3 Å². The first kappa shape index (κ1) is 12.7. The zero-order valence-electron chi connectivity index (χ0n) is 9.57. The smallest absolute Gasteiger partial charge is 0.324 e. The Morgan fingerprint density at radius 3 is 3.00 bits per heavy atom. The van der Waals surface area contributed by atoms with Gasteiger partial charge in [-0.2, -0.15) is 0 Å². The van der Waals surface area contributed by atoms with Crippen LogP contribution in [0.5, 0.6) is 0 Å². The molecule has 0 spiro atoms. The lowest BCUT2D eigenvalue weighted by molar-refractivity contribution is -0.125. The van der Waals surface area contributed by atoms with Gasteiger partial charge in [-0.05, 0) is 6.42 Å². The minimum atomic E-state index is -0.324. The lowest BCUT2D eigenvalue weighted by Gasteiger charge is -2.30. The Labute approximate surface area is 95.4 Å². The first-order valence-electron chi connectivity index (χ1n) is 5.43. The van der Waals surface area contributed by atoms with Gasteiger partial charge in [0.25, 0.3) is 0 Å². The third kappa shape index (κ3) is 3.66. The molecule has 0 bridgehead atoms. The minimum absolute atomic E-state index is 0.147. The molecule has 3 amide bonds. The van der Waals surface area contributed by atoms with Crippen molar-refractivity contribution < 1.29 is 14.3 Å². The van der Waals surface area contributed by atoms with Crippen LogP contribution in [0.3, 0.4) is 0 Å². The second-order valence-electron chi connectivity index (χ2n) is 3.83. The first-order valence-corrected chi connectivity index (χ1v) is 5.43. The van der Waals surface area contributed by atoms with E-state index in [1.54, 1.807) is 17.9 Å². The van der Waals surface area contributed by atoms with Crippen LogP contribution in [0.2, 0.25) is 0 Å². The number of rotatable bonds is 6. The van der Waals surface area contributed by atoms with Crippen molar-refractivity contribution >= 4 is 11.9 Å². The van der Waals surface area contributed by atoms with Gasteiger partial charge in [-0.1, -0.05) is 13.0 Å². The van der Waals surface area contributed by atoms with Crippen LogP contribution < -0.4 is 5.32 Å². The quantitative estimate of drug-likeness (QED) is 0.537. The molecule has 1 fully saturated rings. The Morgan fingerprint density at radius 1 is 1.56 bits per heavy atom. The van der Waals surface area contributed by atoms with Crippen LogP contribution in [-0.2, 0) is 9.53 Å². The first-order chi connectivity index (χ1) is 7.65. The molecule has 0 aromatic carbocycles. The highest BCUT2D eigenvalue weighted by Gasteiger charge is 2.28. The second-order valence-corrected chi connectivity index (χ2v) is 3.83. The van der Waals surface area contributed by atoms with E-state index in [2.05, 4.69) is 11.9 Å². The number of urea groups is 1. The fourth-order valence-corrected chi connectivity index (χ4v) is 1.44. The van der Waals surface area contributed by atoms with Crippen molar-refractivity contribution in [2.75, 3.05) is 26.3 Å². The van der Waals surface area contributed by atoms with E-state index in [4.69, 9.17) is 4.74 Å². The van der Waals surface area contributed by atoms with E-state index in [0.29, 0.717) is 26.3 Å². The van der Waals surface area contributed by atoms with Crippen LogP contribution in [-0.4, -0.2) is 43.1 Å². The van der Waals surface area contributed by atoms with E-state index in [1.807, 2.05) is 0 Å². The molecule has 16 heavy (non-hydrogen) atoms. The third-order valence-corrected chi connectivity index (χ3v) is 2.43. The van der Waals surface area contributed by atoms with E-state index in [1.165, 1.54) is 0 Å². The van der Waals surface area contributed by atoms with Crippen LogP contribution >= 0.6 is 0 Å². The molecular weight excluding hydrogens is 208 g/mol. The number of ether oxygens (including phenoxy) is 1. The number of carbonyl (C=O) groups is 2. The molecule has 5 heteroatoms. The number of nitrogens with one attached hydrogen (secondary N) is 1.